The van der Waals surface area contributed by atoms with Gasteiger partial charge in [0, 0.05) is 6.54 Å². The van der Waals surface area contributed by atoms with Crippen molar-refractivity contribution in [2.24, 2.45) is 0 Å². The number of methoxy groups -OCH3 is 1. The maximum absolute atomic E-state index is 5.42. The molecule has 0 saturated heterocycles. The van der Waals surface area contributed by atoms with Crippen LogP contribution < -0.4 is 4.74 Å². The Morgan fingerprint density at radius 3 is 2.77 bits per heavy atom. The molecule has 0 aliphatic carbocycles. The van der Waals surface area contributed by atoms with E-state index in [-0.39, 0.29) is 0 Å². The summed E-state index contributed by atoms with van der Waals surface area (Å²) in [4.78, 5) is 4.36. The van der Waals surface area contributed by atoms with Crippen LogP contribution in [0.4, 0.5) is 0 Å². The second-order valence-electron chi connectivity index (χ2n) is 4.46. The molecule has 0 radical (unpaired) electrons. The van der Waals surface area contributed by atoms with Crippen molar-refractivity contribution in [3.05, 3.63) is 30.1 Å². The summed E-state index contributed by atoms with van der Waals surface area (Å²) < 4.78 is 12.5. The first-order chi connectivity index (χ1) is 10.7. The first-order valence-corrected chi connectivity index (χ1v) is 8.36. The number of aromatic nitrogens is 5. The van der Waals surface area contributed by atoms with Crippen LogP contribution in [0.15, 0.2) is 33.8 Å². The summed E-state index contributed by atoms with van der Waals surface area (Å²) in [5.74, 6) is 2.36. The average molecular weight is 333 g/mol. The van der Waals surface area contributed by atoms with Gasteiger partial charge in [0.15, 0.2) is 15.3 Å². The number of para-hydroxylation sites is 1. The van der Waals surface area contributed by atoms with Crippen molar-refractivity contribution in [2.75, 3.05) is 7.11 Å². The van der Waals surface area contributed by atoms with Gasteiger partial charge in [0.1, 0.15) is 11.6 Å². The van der Waals surface area contributed by atoms with Gasteiger partial charge in [0.25, 0.3) is 0 Å². The lowest BCUT2D eigenvalue weighted by molar-refractivity contribution is 0.416. The lowest BCUT2D eigenvalue weighted by Crippen LogP contribution is -2.00. The van der Waals surface area contributed by atoms with Crippen LogP contribution in [0.2, 0.25) is 0 Å². The number of hydrogen-bond donors (Lipinski definition) is 0. The number of nitrogens with zero attached hydrogens (tertiary/aromatic N) is 5. The molecular weight excluding hydrogens is 318 g/mol. The van der Waals surface area contributed by atoms with Crippen LogP contribution >= 0.6 is 23.3 Å². The standard InChI is InChI=1S/C14H15N5OS2/c1-4-19-12(10-7-5-6-8-11(10)20-3)16-17-13(19)21-14-15-9(2)18-22-14/h5-8H,4H2,1-3H3. The molecule has 114 valence electrons. The zero-order valence-corrected chi connectivity index (χ0v) is 14.1. The van der Waals surface area contributed by atoms with Crippen LogP contribution in [0, 0.1) is 6.92 Å². The summed E-state index contributed by atoms with van der Waals surface area (Å²) in [6.45, 7) is 4.71. The summed E-state index contributed by atoms with van der Waals surface area (Å²) in [5, 5.41) is 9.45. The molecule has 0 spiro atoms. The van der Waals surface area contributed by atoms with Gasteiger partial charge < -0.3 is 9.30 Å². The van der Waals surface area contributed by atoms with Crippen molar-refractivity contribution in [3.63, 3.8) is 0 Å². The molecule has 8 heteroatoms. The fourth-order valence-corrected chi connectivity index (χ4v) is 3.73. The maximum atomic E-state index is 5.42. The van der Waals surface area contributed by atoms with E-state index in [9.17, 15) is 0 Å². The van der Waals surface area contributed by atoms with Gasteiger partial charge in [-0.3, -0.25) is 0 Å². The molecule has 0 fully saturated rings. The molecule has 0 amide bonds. The molecule has 3 rings (SSSR count). The van der Waals surface area contributed by atoms with Gasteiger partial charge in [-0.25, -0.2) is 4.98 Å². The molecule has 2 heterocycles. The molecule has 1 aromatic carbocycles. The minimum atomic E-state index is 0.764. The van der Waals surface area contributed by atoms with Crippen molar-refractivity contribution >= 4 is 23.3 Å². The third kappa shape index (κ3) is 2.84. The van der Waals surface area contributed by atoms with Crippen LogP contribution in [0.5, 0.6) is 5.75 Å². The Bertz CT molecular complexity index is 783. The predicted octanol–water partition coefficient (Wildman–Crippen LogP) is 3.28. The quantitative estimate of drug-likeness (QED) is 0.714. The fourth-order valence-electron chi connectivity index (χ4n) is 2.08. The van der Waals surface area contributed by atoms with E-state index in [0.29, 0.717) is 0 Å². The Balaban J connectivity index is 2.00. The molecular formula is C14H15N5OS2. The Morgan fingerprint density at radius 1 is 1.27 bits per heavy atom. The molecule has 0 unspecified atom stereocenters. The molecule has 0 atom stereocenters. The third-order valence-electron chi connectivity index (χ3n) is 3.07. The monoisotopic (exact) mass is 333 g/mol. The molecule has 0 bridgehead atoms. The Morgan fingerprint density at radius 2 is 2.09 bits per heavy atom. The highest BCUT2D eigenvalue weighted by Gasteiger charge is 2.17. The molecule has 3 aromatic rings. The topological polar surface area (TPSA) is 65.7 Å². The van der Waals surface area contributed by atoms with E-state index < -0.39 is 0 Å². The van der Waals surface area contributed by atoms with Crippen LogP contribution in [0.1, 0.15) is 12.7 Å². The average Bonchev–Trinajstić information content (AvgIpc) is 3.13. The third-order valence-corrected chi connectivity index (χ3v) is 4.90. The number of rotatable bonds is 5. The minimum Gasteiger partial charge on any atom is -0.496 e. The van der Waals surface area contributed by atoms with Gasteiger partial charge in [0.05, 0.1) is 12.7 Å². The van der Waals surface area contributed by atoms with E-state index in [1.807, 2.05) is 31.2 Å². The largest absolute Gasteiger partial charge is 0.496 e. The molecule has 22 heavy (non-hydrogen) atoms. The van der Waals surface area contributed by atoms with Crippen molar-refractivity contribution < 1.29 is 4.74 Å². The maximum Gasteiger partial charge on any atom is 0.198 e. The Hall–Kier alpha value is -1.93. The van der Waals surface area contributed by atoms with Crippen molar-refractivity contribution in [1.29, 1.82) is 0 Å². The summed E-state index contributed by atoms with van der Waals surface area (Å²) >= 11 is 2.85. The van der Waals surface area contributed by atoms with E-state index in [2.05, 4.69) is 31.0 Å². The second kappa shape index (κ2) is 6.45. The SMILES string of the molecule is CCn1c(Sc2nc(C)ns2)nnc1-c1ccccc1OC. The number of hydrogen-bond acceptors (Lipinski definition) is 7. The fraction of sp³-hybridized carbons (Fsp3) is 0.286. The first-order valence-electron chi connectivity index (χ1n) is 6.77. The van der Waals surface area contributed by atoms with Gasteiger partial charge in [-0.05, 0) is 49.3 Å². The highest BCUT2D eigenvalue weighted by Crippen LogP contribution is 2.33. The Kier molecular flexibility index (Phi) is 4.39. The summed E-state index contributed by atoms with van der Waals surface area (Å²) in [5.41, 5.74) is 0.930. The number of benzene rings is 1. The van der Waals surface area contributed by atoms with Crippen LogP contribution in [-0.2, 0) is 6.54 Å². The van der Waals surface area contributed by atoms with Gasteiger partial charge in [-0.1, -0.05) is 12.1 Å². The Labute approximate surface area is 136 Å². The van der Waals surface area contributed by atoms with Gasteiger partial charge in [-0.15, -0.1) is 10.2 Å². The zero-order valence-electron chi connectivity index (χ0n) is 12.5. The minimum absolute atomic E-state index is 0.764. The molecule has 0 saturated carbocycles. The normalized spacial score (nSPS) is 10.9. The smallest absolute Gasteiger partial charge is 0.198 e. The van der Waals surface area contributed by atoms with Crippen LogP contribution in [0.3, 0.4) is 0 Å². The van der Waals surface area contributed by atoms with Crippen molar-refractivity contribution in [1.82, 2.24) is 24.1 Å². The highest BCUT2D eigenvalue weighted by atomic mass is 32.2. The first kappa shape index (κ1) is 15.0. The predicted molar refractivity (Wildman–Crippen MR) is 86.5 cm³/mol. The van der Waals surface area contributed by atoms with E-state index in [1.165, 1.54) is 23.3 Å². The molecule has 2 aromatic heterocycles. The molecule has 0 aliphatic rings. The van der Waals surface area contributed by atoms with Crippen molar-refractivity contribution in [2.45, 2.75) is 29.9 Å². The van der Waals surface area contributed by atoms with E-state index >= 15 is 0 Å². The van der Waals surface area contributed by atoms with E-state index in [0.717, 1.165) is 39.0 Å². The van der Waals surface area contributed by atoms with E-state index in [1.54, 1.807) is 7.11 Å². The zero-order chi connectivity index (χ0) is 15.5. The van der Waals surface area contributed by atoms with Crippen molar-refractivity contribution in [3.8, 4) is 17.1 Å². The van der Waals surface area contributed by atoms with E-state index in [4.69, 9.17) is 4.74 Å². The molecule has 0 aliphatic heterocycles. The lowest BCUT2D eigenvalue weighted by atomic mass is 10.2. The number of aryl methyl sites for hydroxylation is 1. The van der Waals surface area contributed by atoms with Gasteiger partial charge >= 0.3 is 0 Å². The summed E-state index contributed by atoms with van der Waals surface area (Å²) in [6.07, 6.45) is 0. The van der Waals surface area contributed by atoms with Gasteiger partial charge in [-0.2, -0.15) is 4.37 Å². The van der Waals surface area contributed by atoms with Crippen LogP contribution in [0.25, 0.3) is 11.4 Å². The molecule has 0 N–H and O–H groups in total. The second-order valence-corrected chi connectivity index (χ2v) is 6.43. The lowest BCUT2D eigenvalue weighted by Gasteiger charge is -2.09. The summed E-state index contributed by atoms with van der Waals surface area (Å²) in [6, 6.07) is 7.81. The van der Waals surface area contributed by atoms with Gasteiger partial charge in [0.2, 0.25) is 0 Å². The summed E-state index contributed by atoms with van der Waals surface area (Å²) in [7, 11) is 1.66. The van der Waals surface area contributed by atoms with Crippen LogP contribution in [-0.4, -0.2) is 31.2 Å². The number of ether oxygens (including phenoxy) is 1. The highest BCUT2D eigenvalue weighted by molar-refractivity contribution is 8.00. The molecule has 6 nitrogen and oxygen atoms in total.